The Morgan fingerprint density at radius 2 is 1.95 bits per heavy atom. The largest absolute Gasteiger partial charge is 0.733 e. The molecule has 1 fully saturated rings. The summed E-state index contributed by atoms with van der Waals surface area (Å²) in [5, 5.41) is 24.6. The van der Waals surface area contributed by atoms with Crippen LogP contribution in [-0.4, -0.2) is 44.4 Å². The monoisotopic (exact) mass is 553 g/mol. The van der Waals surface area contributed by atoms with E-state index in [1.165, 1.54) is 10.9 Å². The van der Waals surface area contributed by atoms with Gasteiger partial charge in [0.15, 0.2) is 0 Å². The summed E-state index contributed by atoms with van der Waals surface area (Å²) in [6, 6.07) is 17.5. The summed E-state index contributed by atoms with van der Waals surface area (Å²) in [4.78, 5) is 46.1. The van der Waals surface area contributed by atoms with Crippen molar-refractivity contribution in [1.82, 2.24) is 19.4 Å². The van der Waals surface area contributed by atoms with E-state index < -0.39 is 5.92 Å². The number of pyridine rings is 1. The van der Waals surface area contributed by atoms with Gasteiger partial charge in [0.1, 0.15) is 0 Å². The fourth-order valence-corrected chi connectivity index (χ4v) is 7.15. The lowest BCUT2D eigenvalue weighted by Gasteiger charge is -2.54. The molecule has 1 saturated heterocycles. The second-order valence-corrected chi connectivity index (χ2v) is 11.2. The molecule has 0 aliphatic carbocycles. The third-order valence-corrected chi connectivity index (χ3v) is 8.93. The minimum absolute atomic E-state index is 0.0274. The van der Waals surface area contributed by atoms with Gasteiger partial charge in [-0.3, -0.25) is 24.2 Å². The summed E-state index contributed by atoms with van der Waals surface area (Å²) in [5.74, 6) is -0.388. The number of piperidine rings is 1. The number of rotatable bonds is 5. The van der Waals surface area contributed by atoms with Gasteiger partial charge >= 0.3 is 0 Å². The lowest BCUT2D eigenvalue weighted by atomic mass is 9.70. The van der Waals surface area contributed by atoms with Crippen molar-refractivity contribution >= 4 is 28.2 Å². The van der Waals surface area contributed by atoms with Crippen LogP contribution >= 0.6 is 0 Å². The summed E-state index contributed by atoms with van der Waals surface area (Å²) in [6.07, 6.45) is 2.77. The zero-order chi connectivity index (χ0) is 28.2. The van der Waals surface area contributed by atoms with Crippen LogP contribution in [0.2, 0.25) is 0 Å². The second-order valence-electron chi connectivity index (χ2n) is 11.2. The van der Waals surface area contributed by atoms with Crippen molar-refractivity contribution in [2.24, 2.45) is 11.8 Å². The number of benzene rings is 2. The molecule has 3 aliphatic rings. The molecule has 3 aliphatic heterocycles. The van der Waals surface area contributed by atoms with Gasteiger partial charge in [0.05, 0.1) is 28.8 Å². The van der Waals surface area contributed by atoms with E-state index in [4.69, 9.17) is 0 Å². The number of nitrogens with zero attached hydrogens (tertiary/aromatic N) is 5. The lowest BCUT2D eigenvalue weighted by Crippen LogP contribution is -2.61. The number of hydrogen-bond donors (Lipinski definition) is 2. The maximum Gasteiger partial charge on any atom is 0.261 e. The maximum absolute atomic E-state index is 13.8. The van der Waals surface area contributed by atoms with E-state index in [1.54, 1.807) is 42.5 Å². The van der Waals surface area contributed by atoms with Gasteiger partial charge < -0.3 is 25.2 Å². The maximum atomic E-state index is 13.8. The van der Waals surface area contributed by atoms with E-state index >= 15 is 0 Å². The fraction of sp³-hybridized carbons (Fsp3) is 0.333. The molecule has 7 rings (SSSR count). The zero-order valence-corrected chi connectivity index (χ0v) is 22.2. The van der Waals surface area contributed by atoms with Gasteiger partial charge in [0.25, 0.3) is 11.1 Å². The molecular weight excluding hydrogens is 524 g/mol. The molecule has 2 bridgehead atoms. The molecule has 4 aromatic rings. The minimum atomic E-state index is -0.449. The molecule has 2 aromatic heterocycles. The highest BCUT2D eigenvalue weighted by atomic mass is 16.8. The van der Waals surface area contributed by atoms with E-state index in [1.807, 2.05) is 22.8 Å². The third-order valence-electron chi connectivity index (χ3n) is 8.93. The van der Waals surface area contributed by atoms with E-state index in [0.29, 0.717) is 30.4 Å². The molecule has 210 valence electrons. The van der Waals surface area contributed by atoms with Crippen LogP contribution in [0.15, 0.2) is 76.6 Å². The molecule has 11 heteroatoms. The van der Waals surface area contributed by atoms with Crippen LogP contribution in [0.4, 0.5) is 11.4 Å². The van der Waals surface area contributed by atoms with Crippen LogP contribution in [0.1, 0.15) is 23.6 Å². The predicted molar refractivity (Wildman–Crippen MR) is 153 cm³/mol. The summed E-state index contributed by atoms with van der Waals surface area (Å²) in [7, 11) is 0. The van der Waals surface area contributed by atoms with Crippen molar-refractivity contribution in [3.8, 4) is 0 Å². The average Bonchev–Trinajstić information content (AvgIpc) is 2.98. The van der Waals surface area contributed by atoms with Crippen molar-refractivity contribution in [2.45, 2.75) is 37.9 Å². The Morgan fingerprint density at radius 1 is 1.10 bits per heavy atom. The van der Waals surface area contributed by atoms with Crippen molar-refractivity contribution in [3.05, 3.63) is 104 Å². The Bertz CT molecular complexity index is 1780. The molecular formula is C30H29N6O5-. The standard InChI is InChI=1S/C30H29N6O5/c37-27-7-3-6-25-19-12-20(16-34(25)27)28-23(14-18-13-21(36(40)41)8-9-26(18)35(28)15-19)29(38)31-10-11-33-17-32-24-5-2-1-4-22(24)30(33)39/h1-9,13,17,19-20,23,28,40H,10-12,14-16H2,(H,31,38)/q-1. The first-order valence-corrected chi connectivity index (χ1v) is 13.9. The SMILES string of the molecule is O=C(NCCn1cnc2ccccc2c1=O)C1Cc2cc(N([O-])O)ccc2N2CC3CC(Cn4c3cccc4=O)C12. The van der Waals surface area contributed by atoms with Crippen LogP contribution in [0.5, 0.6) is 0 Å². The van der Waals surface area contributed by atoms with Gasteiger partial charge in [-0.1, -0.05) is 18.2 Å². The van der Waals surface area contributed by atoms with Crippen LogP contribution in [0.3, 0.4) is 0 Å². The number of amides is 1. The Kier molecular flexibility index (Phi) is 6.13. The average molecular weight is 554 g/mol. The molecule has 4 unspecified atom stereocenters. The highest BCUT2D eigenvalue weighted by Crippen LogP contribution is 2.47. The van der Waals surface area contributed by atoms with Crippen LogP contribution in [0, 0.1) is 17.0 Å². The molecule has 5 heterocycles. The van der Waals surface area contributed by atoms with E-state index in [-0.39, 0.29) is 58.9 Å². The first-order valence-electron chi connectivity index (χ1n) is 13.9. The number of para-hydroxylation sites is 1. The predicted octanol–water partition coefficient (Wildman–Crippen LogP) is 2.23. The molecule has 4 atom stereocenters. The van der Waals surface area contributed by atoms with Gasteiger partial charge in [-0.2, -0.15) is 0 Å². The van der Waals surface area contributed by atoms with Gasteiger partial charge in [0.2, 0.25) is 5.91 Å². The quantitative estimate of drug-likeness (QED) is 0.359. The molecule has 2 N–H and O–H groups in total. The Hall–Kier alpha value is -4.48. The third kappa shape index (κ3) is 4.28. The number of hydrogen-bond acceptors (Lipinski definition) is 8. The summed E-state index contributed by atoms with van der Waals surface area (Å²) >= 11 is 0. The number of carbonyl (C=O) groups is 1. The number of anilines is 2. The van der Waals surface area contributed by atoms with E-state index in [0.717, 1.165) is 23.4 Å². The molecule has 11 nitrogen and oxygen atoms in total. The summed E-state index contributed by atoms with van der Waals surface area (Å²) in [5.41, 5.74) is 3.31. The highest BCUT2D eigenvalue weighted by molar-refractivity contribution is 5.82. The van der Waals surface area contributed by atoms with Gasteiger partial charge in [0, 0.05) is 55.6 Å². The lowest BCUT2D eigenvalue weighted by molar-refractivity contribution is -0.126. The molecule has 41 heavy (non-hydrogen) atoms. The molecule has 0 spiro atoms. The van der Waals surface area contributed by atoms with Crippen LogP contribution in [0.25, 0.3) is 10.9 Å². The van der Waals surface area contributed by atoms with E-state index in [2.05, 4.69) is 15.2 Å². The van der Waals surface area contributed by atoms with Gasteiger partial charge in [-0.15, -0.1) is 0 Å². The zero-order valence-electron chi connectivity index (χ0n) is 22.2. The Balaban J connectivity index is 1.18. The fourth-order valence-electron chi connectivity index (χ4n) is 7.15. The number of aromatic nitrogens is 3. The van der Waals surface area contributed by atoms with Gasteiger partial charge in [-0.05, 0) is 60.7 Å². The van der Waals surface area contributed by atoms with Crippen molar-refractivity contribution in [2.75, 3.05) is 23.2 Å². The number of fused-ring (bicyclic) bond motifs is 9. The van der Waals surface area contributed by atoms with E-state index in [9.17, 15) is 24.8 Å². The summed E-state index contributed by atoms with van der Waals surface area (Å²) in [6.45, 7) is 1.69. The molecule has 0 radical (unpaired) electrons. The Labute approximate surface area is 234 Å². The molecule has 2 aromatic carbocycles. The first-order chi connectivity index (χ1) is 19.9. The second kappa shape index (κ2) is 9.86. The van der Waals surface area contributed by atoms with Crippen LogP contribution < -0.4 is 26.6 Å². The first kappa shape index (κ1) is 25.5. The summed E-state index contributed by atoms with van der Waals surface area (Å²) < 4.78 is 3.35. The van der Waals surface area contributed by atoms with Gasteiger partial charge in [-0.25, -0.2) is 4.98 Å². The van der Waals surface area contributed by atoms with Crippen LogP contribution in [-0.2, 0) is 24.3 Å². The normalized spacial score (nSPS) is 22.4. The van der Waals surface area contributed by atoms with Crippen molar-refractivity contribution in [3.63, 3.8) is 0 Å². The topological polar surface area (TPSA) is 136 Å². The Morgan fingerprint density at radius 3 is 2.80 bits per heavy atom. The number of carbonyl (C=O) groups excluding carboxylic acids is 1. The highest BCUT2D eigenvalue weighted by Gasteiger charge is 2.49. The van der Waals surface area contributed by atoms with Crippen molar-refractivity contribution in [1.29, 1.82) is 0 Å². The minimum Gasteiger partial charge on any atom is -0.733 e. The molecule has 0 saturated carbocycles. The van der Waals surface area contributed by atoms with Crippen molar-refractivity contribution < 1.29 is 10.0 Å². The smallest absolute Gasteiger partial charge is 0.261 e. The number of nitrogens with one attached hydrogen (secondary N) is 1. The molecule has 1 amide bonds.